The molecule has 0 unspecified atom stereocenters. The van der Waals surface area contributed by atoms with Gasteiger partial charge in [0.15, 0.2) is 0 Å². The predicted octanol–water partition coefficient (Wildman–Crippen LogP) is 2.34. The molecule has 1 aromatic rings. The van der Waals surface area contributed by atoms with Crippen molar-refractivity contribution in [1.82, 2.24) is 15.2 Å². The van der Waals surface area contributed by atoms with Crippen LogP contribution in [0.4, 0.5) is 0 Å². The first-order valence-electron chi connectivity index (χ1n) is 7.27. The normalized spacial score (nSPS) is 16.9. The predicted molar refractivity (Wildman–Crippen MR) is 84.4 cm³/mol. The molecule has 1 fully saturated rings. The number of nitrogens with zero attached hydrogens (tertiary/aromatic N) is 2. The smallest absolute Gasteiger partial charge is 0.138 e. The molecule has 4 nitrogen and oxygen atoms in total. The molecule has 5 heteroatoms. The first-order valence-corrected chi connectivity index (χ1v) is 7.27. The van der Waals surface area contributed by atoms with E-state index >= 15 is 0 Å². The van der Waals surface area contributed by atoms with Crippen molar-refractivity contribution in [3.63, 3.8) is 0 Å². The van der Waals surface area contributed by atoms with Crippen molar-refractivity contribution in [2.24, 2.45) is 5.92 Å². The lowest BCUT2D eigenvalue weighted by Gasteiger charge is -2.31. The molecule has 0 spiro atoms. The Morgan fingerprint density at radius 3 is 2.70 bits per heavy atom. The van der Waals surface area contributed by atoms with Gasteiger partial charge in [-0.2, -0.15) is 0 Å². The summed E-state index contributed by atoms with van der Waals surface area (Å²) >= 11 is 0. The summed E-state index contributed by atoms with van der Waals surface area (Å²) in [6.45, 7) is 9.28. The molecular formula is C15H26ClN3O. The molecule has 0 atom stereocenters. The molecule has 0 amide bonds. The van der Waals surface area contributed by atoms with Gasteiger partial charge in [0.25, 0.3) is 0 Å². The van der Waals surface area contributed by atoms with Crippen LogP contribution in [0.2, 0.25) is 0 Å². The van der Waals surface area contributed by atoms with Crippen molar-refractivity contribution in [3.05, 3.63) is 23.5 Å². The van der Waals surface area contributed by atoms with Gasteiger partial charge < -0.3 is 10.4 Å². The second-order valence-electron chi connectivity index (χ2n) is 5.45. The second kappa shape index (κ2) is 8.45. The number of rotatable bonds is 5. The van der Waals surface area contributed by atoms with E-state index in [9.17, 15) is 5.11 Å². The van der Waals surface area contributed by atoms with Crippen molar-refractivity contribution >= 4 is 12.4 Å². The van der Waals surface area contributed by atoms with Gasteiger partial charge in [0.05, 0.1) is 5.69 Å². The van der Waals surface area contributed by atoms with Crippen LogP contribution in [0.15, 0.2) is 12.1 Å². The topological polar surface area (TPSA) is 48.4 Å². The molecule has 0 aromatic carbocycles. The van der Waals surface area contributed by atoms with Crippen LogP contribution in [-0.4, -0.2) is 41.2 Å². The molecule has 114 valence electrons. The van der Waals surface area contributed by atoms with Crippen LogP contribution in [-0.2, 0) is 6.54 Å². The Kier molecular flexibility index (Phi) is 7.27. The Morgan fingerprint density at radius 2 is 2.05 bits per heavy atom. The summed E-state index contributed by atoms with van der Waals surface area (Å²) in [6, 6.07) is 3.59. The summed E-state index contributed by atoms with van der Waals surface area (Å²) in [5, 5.41) is 13.3. The SMILES string of the molecule is CCNCC1CCN(Cc2nc(C)ccc2O)CC1.Cl. The van der Waals surface area contributed by atoms with E-state index in [0.717, 1.165) is 50.0 Å². The average Bonchev–Trinajstić information content (AvgIpc) is 2.42. The number of halogens is 1. The monoisotopic (exact) mass is 299 g/mol. The molecule has 2 rings (SSSR count). The maximum atomic E-state index is 9.83. The van der Waals surface area contributed by atoms with Crippen LogP contribution in [0.25, 0.3) is 0 Å². The van der Waals surface area contributed by atoms with Gasteiger partial charge in [0, 0.05) is 12.2 Å². The van der Waals surface area contributed by atoms with E-state index in [1.165, 1.54) is 12.8 Å². The van der Waals surface area contributed by atoms with Crippen molar-refractivity contribution in [1.29, 1.82) is 0 Å². The Balaban J connectivity index is 0.00000200. The number of likely N-dealkylation sites (tertiary alicyclic amines) is 1. The standard InChI is InChI=1S/C15H25N3O.ClH/c1-3-16-10-13-6-8-18(9-7-13)11-14-15(19)5-4-12(2)17-14;/h4-5,13,16,19H,3,6-11H2,1-2H3;1H. The van der Waals surface area contributed by atoms with E-state index < -0.39 is 0 Å². The Morgan fingerprint density at radius 1 is 1.35 bits per heavy atom. The highest BCUT2D eigenvalue weighted by Crippen LogP contribution is 2.21. The van der Waals surface area contributed by atoms with Gasteiger partial charge >= 0.3 is 0 Å². The minimum absolute atomic E-state index is 0. The molecule has 2 heterocycles. The van der Waals surface area contributed by atoms with E-state index in [4.69, 9.17) is 0 Å². The third-order valence-corrected chi connectivity index (χ3v) is 3.85. The first-order chi connectivity index (χ1) is 9.19. The number of aromatic nitrogens is 1. The van der Waals surface area contributed by atoms with Crippen LogP contribution in [0.3, 0.4) is 0 Å². The van der Waals surface area contributed by atoms with E-state index in [-0.39, 0.29) is 12.4 Å². The molecule has 20 heavy (non-hydrogen) atoms. The van der Waals surface area contributed by atoms with Crippen LogP contribution in [0.5, 0.6) is 5.75 Å². The van der Waals surface area contributed by atoms with Gasteiger partial charge in [-0.3, -0.25) is 9.88 Å². The van der Waals surface area contributed by atoms with E-state index in [2.05, 4.69) is 22.1 Å². The maximum absolute atomic E-state index is 9.83. The fourth-order valence-corrected chi connectivity index (χ4v) is 2.63. The number of aryl methyl sites for hydroxylation is 1. The lowest BCUT2D eigenvalue weighted by Crippen LogP contribution is -2.37. The van der Waals surface area contributed by atoms with Gasteiger partial charge in [-0.1, -0.05) is 6.92 Å². The average molecular weight is 300 g/mol. The van der Waals surface area contributed by atoms with E-state index in [1.54, 1.807) is 6.07 Å². The first kappa shape index (κ1) is 17.2. The van der Waals surface area contributed by atoms with E-state index in [0.29, 0.717) is 5.75 Å². The van der Waals surface area contributed by atoms with E-state index in [1.807, 2.05) is 13.0 Å². The minimum Gasteiger partial charge on any atom is -0.506 e. The van der Waals surface area contributed by atoms with Crippen LogP contribution < -0.4 is 5.32 Å². The van der Waals surface area contributed by atoms with Crippen molar-refractivity contribution in [2.75, 3.05) is 26.2 Å². The Bertz CT molecular complexity index is 406. The van der Waals surface area contributed by atoms with Gasteiger partial charge in [-0.05, 0) is 64.0 Å². The third kappa shape index (κ3) is 4.93. The molecule has 0 radical (unpaired) electrons. The molecule has 0 saturated carbocycles. The zero-order chi connectivity index (χ0) is 13.7. The lowest BCUT2D eigenvalue weighted by molar-refractivity contribution is 0.172. The summed E-state index contributed by atoms with van der Waals surface area (Å²) in [6.07, 6.45) is 2.47. The quantitative estimate of drug-likeness (QED) is 0.876. The molecule has 1 aliphatic heterocycles. The zero-order valence-electron chi connectivity index (χ0n) is 12.4. The van der Waals surface area contributed by atoms with Gasteiger partial charge in [-0.15, -0.1) is 12.4 Å². The number of hydrogen-bond acceptors (Lipinski definition) is 4. The Hall–Kier alpha value is -0.840. The highest BCUT2D eigenvalue weighted by Gasteiger charge is 2.20. The third-order valence-electron chi connectivity index (χ3n) is 3.85. The van der Waals surface area contributed by atoms with Gasteiger partial charge in [0.1, 0.15) is 5.75 Å². The highest BCUT2D eigenvalue weighted by atomic mass is 35.5. The van der Waals surface area contributed by atoms with Crippen LogP contribution in [0.1, 0.15) is 31.2 Å². The number of hydrogen-bond donors (Lipinski definition) is 2. The van der Waals surface area contributed by atoms with Gasteiger partial charge in [0.2, 0.25) is 0 Å². The molecule has 1 aliphatic rings. The lowest BCUT2D eigenvalue weighted by atomic mass is 9.96. The largest absolute Gasteiger partial charge is 0.506 e. The van der Waals surface area contributed by atoms with Gasteiger partial charge in [-0.25, -0.2) is 0 Å². The van der Waals surface area contributed by atoms with Crippen molar-refractivity contribution in [3.8, 4) is 5.75 Å². The number of aromatic hydroxyl groups is 1. The second-order valence-corrected chi connectivity index (χ2v) is 5.45. The Labute approximate surface area is 128 Å². The number of pyridine rings is 1. The number of piperidine rings is 1. The van der Waals surface area contributed by atoms with Crippen molar-refractivity contribution < 1.29 is 5.11 Å². The summed E-state index contributed by atoms with van der Waals surface area (Å²) < 4.78 is 0. The highest BCUT2D eigenvalue weighted by molar-refractivity contribution is 5.85. The molecule has 0 aliphatic carbocycles. The maximum Gasteiger partial charge on any atom is 0.138 e. The van der Waals surface area contributed by atoms with Crippen molar-refractivity contribution in [2.45, 2.75) is 33.2 Å². The molecule has 1 aromatic heterocycles. The molecule has 1 saturated heterocycles. The fraction of sp³-hybridized carbons (Fsp3) is 0.667. The zero-order valence-corrected chi connectivity index (χ0v) is 13.2. The molecule has 2 N–H and O–H groups in total. The van der Waals surface area contributed by atoms with Crippen LogP contribution in [0, 0.1) is 12.8 Å². The number of nitrogens with one attached hydrogen (secondary N) is 1. The summed E-state index contributed by atoms with van der Waals surface area (Å²) in [5.41, 5.74) is 1.78. The molecular weight excluding hydrogens is 274 g/mol. The summed E-state index contributed by atoms with van der Waals surface area (Å²) in [7, 11) is 0. The summed E-state index contributed by atoms with van der Waals surface area (Å²) in [5.74, 6) is 1.12. The summed E-state index contributed by atoms with van der Waals surface area (Å²) in [4.78, 5) is 6.82. The molecule has 0 bridgehead atoms. The minimum atomic E-state index is 0. The van der Waals surface area contributed by atoms with Crippen LogP contribution >= 0.6 is 12.4 Å². The fourth-order valence-electron chi connectivity index (χ4n) is 2.63.